The SMILES string of the molecule is Cc1cccc2c1OCCCC2NC1CNC(=O)C1. The molecule has 0 radical (unpaired) electrons. The number of aryl methyl sites for hydroxylation is 1. The molecule has 4 nitrogen and oxygen atoms in total. The van der Waals surface area contributed by atoms with Gasteiger partial charge in [0.25, 0.3) is 0 Å². The van der Waals surface area contributed by atoms with Crippen LogP contribution in [0.3, 0.4) is 0 Å². The standard InChI is InChI=1S/C15H20N2O2/c1-10-4-2-5-12-13(6-3-7-19-15(10)12)17-11-8-14(18)16-9-11/h2,4-5,11,13,17H,3,6-9H2,1H3,(H,16,18). The summed E-state index contributed by atoms with van der Waals surface area (Å²) in [7, 11) is 0. The number of benzene rings is 1. The van der Waals surface area contributed by atoms with E-state index in [0.717, 1.165) is 31.7 Å². The predicted octanol–water partition coefficient (Wildman–Crippen LogP) is 1.69. The minimum atomic E-state index is 0.145. The lowest BCUT2D eigenvalue weighted by atomic mass is 9.99. The van der Waals surface area contributed by atoms with Crippen molar-refractivity contribution in [3.05, 3.63) is 29.3 Å². The van der Waals surface area contributed by atoms with E-state index in [1.807, 2.05) is 0 Å². The van der Waals surface area contributed by atoms with E-state index in [2.05, 4.69) is 35.8 Å². The number of rotatable bonds is 2. The first-order chi connectivity index (χ1) is 9.24. The van der Waals surface area contributed by atoms with Crippen LogP contribution in [0, 0.1) is 6.92 Å². The normalized spacial score (nSPS) is 26.3. The number of hydrogen-bond donors (Lipinski definition) is 2. The largest absolute Gasteiger partial charge is 0.493 e. The number of hydrogen-bond acceptors (Lipinski definition) is 3. The van der Waals surface area contributed by atoms with E-state index in [1.54, 1.807) is 0 Å². The Labute approximate surface area is 113 Å². The average Bonchev–Trinajstić information content (AvgIpc) is 2.68. The molecule has 0 aromatic heterocycles. The van der Waals surface area contributed by atoms with Crippen molar-refractivity contribution in [2.24, 2.45) is 0 Å². The third-order valence-electron chi connectivity index (χ3n) is 3.92. The van der Waals surface area contributed by atoms with Crippen LogP contribution in [0.2, 0.25) is 0 Å². The fraction of sp³-hybridized carbons (Fsp3) is 0.533. The molecule has 2 aliphatic rings. The predicted molar refractivity (Wildman–Crippen MR) is 73.2 cm³/mol. The number of carbonyl (C=O) groups is 1. The lowest BCUT2D eigenvalue weighted by Gasteiger charge is -2.22. The van der Waals surface area contributed by atoms with Gasteiger partial charge in [0.05, 0.1) is 6.61 Å². The topological polar surface area (TPSA) is 50.4 Å². The summed E-state index contributed by atoms with van der Waals surface area (Å²) >= 11 is 0. The highest BCUT2D eigenvalue weighted by molar-refractivity contribution is 5.78. The summed E-state index contributed by atoms with van der Waals surface area (Å²) in [5.41, 5.74) is 2.42. The quantitative estimate of drug-likeness (QED) is 0.850. The van der Waals surface area contributed by atoms with Gasteiger partial charge in [0.2, 0.25) is 5.91 Å². The van der Waals surface area contributed by atoms with E-state index in [4.69, 9.17) is 4.74 Å². The van der Waals surface area contributed by atoms with Gasteiger partial charge in [0.1, 0.15) is 5.75 Å². The molecule has 0 bridgehead atoms. The average molecular weight is 260 g/mol. The maximum atomic E-state index is 11.3. The Morgan fingerprint density at radius 2 is 2.32 bits per heavy atom. The van der Waals surface area contributed by atoms with Crippen LogP contribution in [0.1, 0.15) is 36.4 Å². The molecule has 102 valence electrons. The molecule has 0 spiro atoms. The molecule has 2 aliphatic heterocycles. The zero-order valence-corrected chi connectivity index (χ0v) is 11.2. The molecule has 0 saturated carbocycles. The molecule has 1 amide bonds. The van der Waals surface area contributed by atoms with E-state index in [1.165, 1.54) is 11.1 Å². The Kier molecular flexibility index (Phi) is 3.42. The van der Waals surface area contributed by atoms with Crippen molar-refractivity contribution in [1.82, 2.24) is 10.6 Å². The van der Waals surface area contributed by atoms with Gasteiger partial charge in [-0.05, 0) is 25.3 Å². The van der Waals surface area contributed by atoms with Gasteiger partial charge in [0, 0.05) is 30.6 Å². The monoisotopic (exact) mass is 260 g/mol. The summed E-state index contributed by atoms with van der Waals surface area (Å²) in [5.74, 6) is 1.17. The highest BCUT2D eigenvalue weighted by atomic mass is 16.5. The van der Waals surface area contributed by atoms with Crippen molar-refractivity contribution in [1.29, 1.82) is 0 Å². The number of fused-ring (bicyclic) bond motifs is 1. The van der Waals surface area contributed by atoms with Gasteiger partial charge < -0.3 is 15.4 Å². The zero-order chi connectivity index (χ0) is 13.2. The number of amides is 1. The fourth-order valence-corrected chi connectivity index (χ4v) is 2.94. The van der Waals surface area contributed by atoms with Crippen LogP contribution in [0.15, 0.2) is 18.2 Å². The van der Waals surface area contributed by atoms with E-state index in [9.17, 15) is 4.79 Å². The second kappa shape index (κ2) is 5.21. The molecule has 2 unspecified atom stereocenters. The maximum absolute atomic E-state index is 11.3. The van der Waals surface area contributed by atoms with Crippen molar-refractivity contribution in [2.45, 2.75) is 38.3 Å². The molecule has 4 heteroatoms. The molecule has 1 fully saturated rings. The van der Waals surface area contributed by atoms with Gasteiger partial charge in [-0.15, -0.1) is 0 Å². The summed E-state index contributed by atoms with van der Waals surface area (Å²) in [6.45, 7) is 3.59. The molecule has 3 rings (SSSR count). The minimum Gasteiger partial charge on any atom is -0.493 e. The van der Waals surface area contributed by atoms with Crippen molar-refractivity contribution in [3.8, 4) is 5.75 Å². The van der Waals surface area contributed by atoms with Crippen LogP contribution in [-0.2, 0) is 4.79 Å². The molecule has 2 N–H and O–H groups in total. The molecule has 2 heterocycles. The molecule has 2 atom stereocenters. The van der Waals surface area contributed by atoms with Gasteiger partial charge in [0.15, 0.2) is 0 Å². The second-order valence-electron chi connectivity index (χ2n) is 5.41. The highest BCUT2D eigenvalue weighted by Gasteiger charge is 2.27. The third-order valence-corrected chi connectivity index (χ3v) is 3.92. The molecular weight excluding hydrogens is 240 g/mol. The molecule has 1 aromatic rings. The number of ether oxygens (including phenoxy) is 1. The Balaban J connectivity index is 1.82. The molecule has 19 heavy (non-hydrogen) atoms. The highest BCUT2D eigenvalue weighted by Crippen LogP contribution is 2.34. The Morgan fingerprint density at radius 3 is 3.11 bits per heavy atom. The second-order valence-corrected chi connectivity index (χ2v) is 5.41. The van der Waals surface area contributed by atoms with Gasteiger partial charge in [-0.3, -0.25) is 4.79 Å². The first-order valence-electron chi connectivity index (χ1n) is 6.99. The summed E-state index contributed by atoms with van der Waals surface area (Å²) in [6, 6.07) is 6.83. The van der Waals surface area contributed by atoms with E-state index < -0.39 is 0 Å². The first-order valence-corrected chi connectivity index (χ1v) is 6.99. The molecule has 0 aliphatic carbocycles. The lowest BCUT2D eigenvalue weighted by Crippen LogP contribution is -2.34. The maximum Gasteiger partial charge on any atom is 0.221 e. The summed E-state index contributed by atoms with van der Waals surface area (Å²) < 4.78 is 5.87. The van der Waals surface area contributed by atoms with Crippen LogP contribution in [0.5, 0.6) is 5.75 Å². The van der Waals surface area contributed by atoms with Crippen LogP contribution in [0.25, 0.3) is 0 Å². The van der Waals surface area contributed by atoms with E-state index in [-0.39, 0.29) is 18.0 Å². The minimum absolute atomic E-state index is 0.145. The summed E-state index contributed by atoms with van der Waals surface area (Å²) in [4.78, 5) is 11.3. The molecule has 1 aromatic carbocycles. The van der Waals surface area contributed by atoms with Gasteiger partial charge in [-0.2, -0.15) is 0 Å². The third kappa shape index (κ3) is 2.59. The van der Waals surface area contributed by atoms with Crippen LogP contribution >= 0.6 is 0 Å². The van der Waals surface area contributed by atoms with Crippen molar-refractivity contribution in [2.75, 3.05) is 13.2 Å². The fourth-order valence-electron chi connectivity index (χ4n) is 2.94. The Bertz CT molecular complexity index is 487. The van der Waals surface area contributed by atoms with E-state index in [0.29, 0.717) is 6.42 Å². The number of nitrogens with one attached hydrogen (secondary N) is 2. The molecule has 1 saturated heterocycles. The van der Waals surface area contributed by atoms with Crippen molar-refractivity contribution >= 4 is 5.91 Å². The van der Waals surface area contributed by atoms with Gasteiger partial charge >= 0.3 is 0 Å². The first kappa shape index (κ1) is 12.5. The van der Waals surface area contributed by atoms with Crippen LogP contribution < -0.4 is 15.4 Å². The number of carbonyl (C=O) groups excluding carboxylic acids is 1. The van der Waals surface area contributed by atoms with Crippen LogP contribution in [0.4, 0.5) is 0 Å². The Hall–Kier alpha value is -1.55. The van der Waals surface area contributed by atoms with E-state index >= 15 is 0 Å². The summed E-state index contributed by atoms with van der Waals surface area (Å²) in [5, 5.41) is 6.49. The molecular formula is C15H20N2O2. The Morgan fingerprint density at radius 1 is 1.42 bits per heavy atom. The number of para-hydroxylation sites is 1. The van der Waals surface area contributed by atoms with Crippen LogP contribution in [-0.4, -0.2) is 25.1 Å². The smallest absolute Gasteiger partial charge is 0.221 e. The van der Waals surface area contributed by atoms with Crippen molar-refractivity contribution < 1.29 is 9.53 Å². The summed E-state index contributed by atoms with van der Waals surface area (Å²) in [6.07, 6.45) is 2.68. The lowest BCUT2D eigenvalue weighted by molar-refractivity contribution is -0.119. The zero-order valence-electron chi connectivity index (χ0n) is 11.2. The van der Waals surface area contributed by atoms with Crippen molar-refractivity contribution in [3.63, 3.8) is 0 Å². The van der Waals surface area contributed by atoms with Gasteiger partial charge in [-0.1, -0.05) is 18.2 Å². The van der Waals surface area contributed by atoms with Gasteiger partial charge in [-0.25, -0.2) is 0 Å².